The van der Waals surface area contributed by atoms with Crippen molar-refractivity contribution in [3.63, 3.8) is 0 Å². The van der Waals surface area contributed by atoms with Crippen LogP contribution in [0.2, 0.25) is 0 Å². The maximum Gasteiger partial charge on any atom is 0.190 e. The van der Waals surface area contributed by atoms with Crippen LogP contribution in [-0.2, 0) is 13.0 Å². The first-order chi connectivity index (χ1) is 12.6. The van der Waals surface area contributed by atoms with Gasteiger partial charge in [0.25, 0.3) is 0 Å². The van der Waals surface area contributed by atoms with Gasteiger partial charge in [0.05, 0.1) is 5.69 Å². The highest BCUT2D eigenvalue weighted by molar-refractivity contribution is 7.07. The zero-order valence-corrected chi connectivity index (χ0v) is 16.2. The molecule has 0 saturated carbocycles. The van der Waals surface area contributed by atoms with Gasteiger partial charge in [0.2, 0.25) is 0 Å². The summed E-state index contributed by atoms with van der Waals surface area (Å²) in [4.78, 5) is 9.39. The van der Waals surface area contributed by atoms with Gasteiger partial charge in [0.1, 0.15) is 0 Å². The van der Waals surface area contributed by atoms with Gasteiger partial charge in [-0.25, -0.2) is 4.99 Å². The second-order valence-corrected chi connectivity index (χ2v) is 7.59. The number of aromatic amines is 1. The van der Waals surface area contributed by atoms with Gasteiger partial charge in [-0.05, 0) is 56.0 Å². The molecule has 1 N–H and O–H groups in total. The Kier molecular flexibility index (Phi) is 4.51. The minimum atomic E-state index is 0.931. The van der Waals surface area contributed by atoms with Crippen LogP contribution in [0.25, 0.3) is 10.9 Å². The van der Waals surface area contributed by atoms with Crippen LogP contribution < -0.4 is 4.80 Å². The van der Waals surface area contributed by atoms with Crippen molar-refractivity contribution in [1.82, 2.24) is 9.55 Å². The van der Waals surface area contributed by atoms with E-state index in [0.717, 1.165) is 23.5 Å². The summed E-state index contributed by atoms with van der Waals surface area (Å²) in [5.74, 6) is 0. The smallest absolute Gasteiger partial charge is 0.190 e. The molecule has 0 fully saturated rings. The molecular formula is C22H23N3S. The molecule has 26 heavy (non-hydrogen) atoms. The van der Waals surface area contributed by atoms with Gasteiger partial charge in [-0.2, -0.15) is 0 Å². The van der Waals surface area contributed by atoms with Crippen LogP contribution in [0.1, 0.15) is 22.4 Å². The predicted molar refractivity (Wildman–Crippen MR) is 110 cm³/mol. The molecule has 2 aromatic carbocycles. The van der Waals surface area contributed by atoms with Gasteiger partial charge >= 0.3 is 0 Å². The standard InChI is InChI=1S/C22H23N3S/c1-15-7-6-10-20(17(15)3)24-22-25(16(2)14-26-22)12-11-18-13-23-21-9-5-4-8-19(18)21/h4-10,13-14,23H,11-12H2,1-3H3. The fourth-order valence-electron chi connectivity index (χ4n) is 3.31. The van der Waals surface area contributed by atoms with Gasteiger partial charge in [-0.3, -0.25) is 0 Å². The van der Waals surface area contributed by atoms with Crippen LogP contribution in [0.5, 0.6) is 0 Å². The monoisotopic (exact) mass is 361 g/mol. The first-order valence-corrected chi connectivity index (χ1v) is 9.82. The van der Waals surface area contributed by atoms with E-state index in [9.17, 15) is 0 Å². The van der Waals surface area contributed by atoms with Crippen molar-refractivity contribution in [2.45, 2.75) is 33.7 Å². The second kappa shape index (κ2) is 6.96. The van der Waals surface area contributed by atoms with E-state index < -0.39 is 0 Å². The minimum Gasteiger partial charge on any atom is -0.361 e. The summed E-state index contributed by atoms with van der Waals surface area (Å²) in [5.41, 5.74) is 7.42. The van der Waals surface area contributed by atoms with Gasteiger partial charge in [0.15, 0.2) is 4.80 Å². The molecule has 0 aliphatic rings. The van der Waals surface area contributed by atoms with Crippen molar-refractivity contribution in [2.75, 3.05) is 0 Å². The maximum atomic E-state index is 4.96. The van der Waals surface area contributed by atoms with Crippen LogP contribution >= 0.6 is 11.3 Å². The molecule has 0 radical (unpaired) electrons. The zero-order valence-electron chi connectivity index (χ0n) is 15.4. The Labute approximate surface area is 157 Å². The lowest BCUT2D eigenvalue weighted by molar-refractivity contribution is 0.660. The molecule has 0 bridgehead atoms. The van der Waals surface area contributed by atoms with Crippen molar-refractivity contribution < 1.29 is 0 Å². The number of aryl methyl sites for hydroxylation is 3. The number of H-pyrrole nitrogens is 1. The molecule has 4 heteroatoms. The first-order valence-electron chi connectivity index (χ1n) is 8.94. The molecule has 2 aromatic heterocycles. The molecule has 4 aromatic rings. The summed E-state index contributed by atoms with van der Waals surface area (Å²) in [6.45, 7) is 7.37. The quantitative estimate of drug-likeness (QED) is 0.503. The van der Waals surface area contributed by atoms with Gasteiger partial charge in [-0.15, -0.1) is 11.3 Å². The Bertz CT molecular complexity index is 1130. The summed E-state index contributed by atoms with van der Waals surface area (Å²) in [7, 11) is 0. The fourth-order valence-corrected chi connectivity index (χ4v) is 4.22. The maximum absolute atomic E-state index is 4.96. The van der Waals surface area contributed by atoms with E-state index in [1.54, 1.807) is 11.3 Å². The molecule has 0 amide bonds. The van der Waals surface area contributed by atoms with Crippen molar-refractivity contribution in [2.24, 2.45) is 4.99 Å². The van der Waals surface area contributed by atoms with Crippen LogP contribution in [0, 0.1) is 20.8 Å². The van der Waals surface area contributed by atoms with E-state index in [1.807, 2.05) is 0 Å². The molecule has 0 unspecified atom stereocenters. The molecule has 3 nitrogen and oxygen atoms in total. The Hall–Kier alpha value is -2.59. The number of rotatable bonds is 4. The Morgan fingerprint density at radius 1 is 1.04 bits per heavy atom. The fraction of sp³-hybridized carbons (Fsp3) is 0.227. The predicted octanol–water partition coefficient (Wildman–Crippen LogP) is 5.43. The summed E-state index contributed by atoms with van der Waals surface area (Å²) in [6.07, 6.45) is 3.12. The number of aromatic nitrogens is 2. The van der Waals surface area contributed by atoms with Crippen molar-refractivity contribution in [3.8, 4) is 0 Å². The number of benzene rings is 2. The van der Waals surface area contributed by atoms with Gasteiger partial charge in [-0.1, -0.05) is 30.3 Å². The Balaban J connectivity index is 1.67. The normalized spacial score (nSPS) is 12.2. The van der Waals surface area contributed by atoms with E-state index in [-0.39, 0.29) is 0 Å². The highest BCUT2D eigenvalue weighted by Gasteiger charge is 2.07. The molecule has 132 valence electrons. The lowest BCUT2D eigenvalue weighted by Gasteiger charge is -2.07. The highest BCUT2D eigenvalue weighted by Crippen LogP contribution is 2.21. The van der Waals surface area contributed by atoms with Crippen LogP contribution in [0.4, 0.5) is 5.69 Å². The molecule has 0 spiro atoms. The number of thiazole rings is 1. The van der Waals surface area contributed by atoms with E-state index >= 15 is 0 Å². The largest absolute Gasteiger partial charge is 0.361 e. The van der Waals surface area contributed by atoms with Crippen LogP contribution in [0.3, 0.4) is 0 Å². The lowest BCUT2D eigenvalue weighted by Crippen LogP contribution is -2.17. The third kappa shape index (κ3) is 3.13. The van der Waals surface area contributed by atoms with E-state index in [0.29, 0.717) is 0 Å². The molecule has 0 aliphatic carbocycles. The SMILES string of the molecule is Cc1cccc(N=c2scc(C)n2CCc2c[nH]c3ccccc23)c1C. The molecule has 0 aliphatic heterocycles. The van der Waals surface area contributed by atoms with Crippen LogP contribution in [0.15, 0.2) is 59.0 Å². The van der Waals surface area contributed by atoms with Crippen molar-refractivity contribution in [1.29, 1.82) is 0 Å². The third-order valence-corrected chi connectivity index (χ3v) is 6.04. The van der Waals surface area contributed by atoms with Gasteiger partial charge in [0, 0.05) is 34.7 Å². The van der Waals surface area contributed by atoms with Crippen LogP contribution in [-0.4, -0.2) is 9.55 Å². The summed E-state index contributed by atoms with van der Waals surface area (Å²) >= 11 is 1.71. The topological polar surface area (TPSA) is 33.1 Å². The second-order valence-electron chi connectivity index (χ2n) is 6.75. The lowest BCUT2D eigenvalue weighted by atomic mass is 10.1. The third-order valence-electron chi connectivity index (χ3n) is 5.06. The first kappa shape index (κ1) is 16.9. The van der Waals surface area contributed by atoms with Gasteiger partial charge < -0.3 is 9.55 Å². The zero-order chi connectivity index (χ0) is 18.1. The number of nitrogens with one attached hydrogen (secondary N) is 1. The minimum absolute atomic E-state index is 0.931. The van der Waals surface area contributed by atoms with Crippen molar-refractivity contribution in [3.05, 3.63) is 81.2 Å². The molecular weight excluding hydrogens is 338 g/mol. The van der Waals surface area contributed by atoms with E-state index in [1.165, 1.54) is 33.3 Å². The summed E-state index contributed by atoms with van der Waals surface area (Å²) in [5, 5.41) is 3.51. The van der Waals surface area contributed by atoms with E-state index in [4.69, 9.17) is 4.99 Å². The number of fused-ring (bicyclic) bond motifs is 1. The highest BCUT2D eigenvalue weighted by atomic mass is 32.1. The van der Waals surface area contributed by atoms with Crippen molar-refractivity contribution >= 4 is 27.9 Å². The molecule has 2 heterocycles. The number of hydrogen-bond acceptors (Lipinski definition) is 2. The molecule has 4 rings (SSSR count). The number of para-hydroxylation sites is 1. The summed E-state index contributed by atoms with van der Waals surface area (Å²) < 4.78 is 2.33. The number of hydrogen-bond donors (Lipinski definition) is 1. The average Bonchev–Trinajstić information content (AvgIpc) is 3.21. The Morgan fingerprint density at radius 2 is 1.88 bits per heavy atom. The summed E-state index contributed by atoms with van der Waals surface area (Å²) in [6, 6.07) is 14.8. The molecule has 0 atom stereocenters. The average molecular weight is 362 g/mol. The Morgan fingerprint density at radius 3 is 2.77 bits per heavy atom. The van der Waals surface area contributed by atoms with E-state index in [2.05, 4.69) is 84.4 Å². The molecule has 0 saturated heterocycles. The number of nitrogens with zero attached hydrogens (tertiary/aromatic N) is 2.